The summed E-state index contributed by atoms with van der Waals surface area (Å²) < 4.78 is 0. The summed E-state index contributed by atoms with van der Waals surface area (Å²) in [5.74, 6) is -0.0848. The Morgan fingerprint density at radius 3 is 2.47 bits per heavy atom. The molecule has 0 aliphatic carbocycles. The van der Waals surface area contributed by atoms with E-state index in [1.165, 1.54) is 0 Å². The average Bonchev–Trinajstić information content (AvgIpc) is 3.18. The molecule has 0 saturated carbocycles. The summed E-state index contributed by atoms with van der Waals surface area (Å²) >= 11 is 0. The van der Waals surface area contributed by atoms with Gasteiger partial charge in [-0.2, -0.15) is 0 Å². The van der Waals surface area contributed by atoms with Crippen molar-refractivity contribution in [2.45, 2.75) is 53.1 Å². The minimum absolute atomic E-state index is 0.175. The minimum atomic E-state index is -0.683. The lowest BCUT2D eigenvalue weighted by Crippen LogP contribution is -2.50. The van der Waals surface area contributed by atoms with E-state index in [1.54, 1.807) is 9.80 Å². The predicted octanol–water partition coefficient (Wildman–Crippen LogP) is 3.87. The van der Waals surface area contributed by atoms with Crippen LogP contribution in [-0.4, -0.2) is 53.3 Å². The van der Waals surface area contributed by atoms with Crippen molar-refractivity contribution in [2.75, 3.05) is 19.6 Å². The van der Waals surface area contributed by atoms with Crippen LogP contribution in [0, 0.1) is 19.8 Å². The van der Waals surface area contributed by atoms with Gasteiger partial charge in [-0.15, -0.1) is 0 Å². The minimum Gasteiger partial charge on any atom is -0.354 e. The van der Waals surface area contributed by atoms with Crippen LogP contribution in [0.4, 0.5) is 4.79 Å². The summed E-state index contributed by atoms with van der Waals surface area (Å²) in [7, 11) is 0. The van der Waals surface area contributed by atoms with Crippen molar-refractivity contribution in [3.63, 3.8) is 0 Å². The van der Waals surface area contributed by atoms with Crippen molar-refractivity contribution < 1.29 is 14.4 Å². The highest BCUT2D eigenvalue weighted by Crippen LogP contribution is 2.38. The monoisotopic (exact) mass is 488 g/mol. The molecule has 0 bridgehead atoms. The van der Waals surface area contributed by atoms with Gasteiger partial charge in [0.15, 0.2) is 0 Å². The van der Waals surface area contributed by atoms with Gasteiger partial charge in [-0.3, -0.25) is 14.5 Å². The molecule has 0 radical (unpaired) electrons. The van der Waals surface area contributed by atoms with Gasteiger partial charge in [-0.05, 0) is 43.4 Å². The first kappa shape index (κ1) is 25.5. The van der Waals surface area contributed by atoms with Crippen molar-refractivity contribution in [1.29, 1.82) is 0 Å². The number of aryl methyl sites for hydroxylation is 2. The zero-order valence-corrected chi connectivity index (χ0v) is 21.8. The Morgan fingerprint density at radius 2 is 1.83 bits per heavy atom. The zero-order valence-electron chi connectivity index (χ0n) is 21.8. The number of carbonyl (C=O) groups excluding carboxylic acids is 3. The molecule has 7 nitrogen and oxygen atoms in total. The molecular formula is C29H36N4O3. The van der Waals surface area contributed by atoms with Crippen LogP contribution in [0.25, 0.3) is 0 Å². The van der Waals surface area contributed by atoms with Crippen LogP contribution >= 0.6 is 0 Å². The molecular weight excluding hydrogens is 452 g/mol. The number of amides is 4. The number of rotatable bonds is 8. The first-order valence-corrected chi connectivity index (χ1v) is 12.7. The van der Waals surface area contributed by atoms with Gasteiger partial charge in [0.25, 0.3) is 5.91 Å². The molecule has 2 aliphatic heterocycles. The normalized spacial score (nSPS) is 18.4. The maximum atomic E-state index is 14.1. The second kappa shape index (κ2) is 10.6. The van der Waals surface area contributed by atoms with Crippen molar-refractivity contribution in [1.82, 2.24) is 20.4 Å². The van der Waals surface area contributed by atoms with Crippen LogP contribution in [0.5, 0.6) is 0 Å². The van der Waals surface area contributed by atoms with Gasteiger partial charge >= 0.3 is 6.03 Å². The molecule has 7 heteroatoms. The van der Waals surface area contributed by atoms with Crippen LogP contribution in [0.1, 0.15) is 49.1 Å². The molecule has 4 amide bonds. The van der Waals surface area contributed by atoms with Crippen LogP contribution in [0.2, 0.25) is 0 Å². The van der Waals surface area contributed by atoms with Crippen molar-refractivity contribution in [3.8, 4) is 0 Å². The van der Waals surface area contributed by atoms with E-state index in [4.69, 9.17) is 0 Å². The lowest BCUT2D eigenvalue weighted by Gasteiger charge is -2.33. The molecule has 2 aliphatic rings. The molecule has 36 heavy (non-hydrogen) atoms. The van der Waals surface area contributed by atoms with E-state index >= 15 is 0 Å². The van der Waals surface area contributed by atoms with E-state index in [0.29, 0.717) is 36.7 Å². The maximum absolute atomic E-state index is 14.1. The van der Waals surface area contributed by atoms with Crippen LogP contribution in [0.15, 0.2) is 59.8 Å². The second-order valence-corrected chi connectivity index (χ2v) is 10.1. The highest BCUT2D eigenvalue weighted by Gasteiger charge is 2.47. The largest absolute Gasteiger partial charge is 0.354 e. The van der Waals surface area contributed by atoms with Gasteiger partial charge in [-0.25, -0.2) is 4.79 Å². The third kappa shape index (κ3) is 5.01. The van der Waals surface area contributed by atoms with E-state index in [0.717, 1.165) is 22.3 Å². The number of nitrogens with zero attached hydrogens (tertiary/aromatic N) is 2. The molecule has 4 rings (SSSR count). The average molecular weight is 489 g/mol. The SMILES string of the molecule is CCN1C(=O)NC(c2ccc(C)cc2C)C2=C1CN(C(Cc1ccccc1)C(=O)NCC(C)C)C2=O. The molecule has 0 fully saturated rings. The second-order valence-electron chi connectivity index (χ2n) is 10.1. The number of urea groups is 1. The topological polar surface area (TPSA) is 81.8 Å². The van der Waals surface area contributed by atoms with Gasteiger partial charge in [0.1, 0.15) is 6.04 Å². The predicted molar refractivity (Wildman–Crippen MR) is 140 cm³/mol. The van der Waals surface area contributed by atoms with E-state index in [1.807, 2.05) is 77.1 Å². The molecule has 2 atom stereocenters. The number of hydrogen-bond donors (Lipinski definition) is 2. The third-order valence-electron chi connectivity index (χ3n) is 6.94. The quantitative estimate of drug-likeness (QED) is 0.592. The summed E-state index contributed by atoms with van der Waals surface area (Å²) in [4.78, 5) is 43.8. The van der Waals surface area contributed by atoms with Gasteiger partial charge in [0.05, 0.1) is 23.9 Å². The van der Waals surface area contributed by atoms with E-state index < -0.39 is 12.1 Å². The van der Waals surface area contributed by atoms with E-state index in [-0.39, 0.29) is 24.4 Å². The molecule has 0 saturated heterocycles. The Labute approximate surface area is 213 Å². The number of likely N-dealkylation sites (N-methyl/N-ethyl adjacent to an activating group) is 1. The first-order chi connectivity index (χ1) is 17.2. The Hall–Kier alpha value is -3.61. The number of nitrogens with one attached hydrogen (secondary N) is 2. The van der Waals surface area contributed by atoms with Crippen LogP contribution < -0.4 is 10.6 Å². The third-order valence-corrected chi connectivity index (χ3v) is 6.94. The molecule has 190 valence electrons. The van der Waals surface area contributed by atoms with Crippen molar-refractivity contribution in [3.05, 3.63) is 82.1 Å². The fraction of sp³-hybridized carbons (Fsp3) is 0.414. The maximum Gasteiger partial charge on any atom is 0.322 e. The smallest absolute Gasteiger partial charge is 0.322 e. The summed E-state index contributed by atoms with van der Waals surface area (Å²) in [6, 6.07) is 14.3. The van der Waals surface area contributed by atoms with Crippen molar-refractivity contribution in [2.24, 2.45) is 5.92 Å². The fourth-order valence-electron chi connectivity index (χ4n) is 5.09. The number of benzene rings is 2. The highest BCUT2D eigenvalue weighted by molar-refractivity contribution is 6.03. The molecule has 0 aromatic heterocycles. The van der Waals surface area contributed by atoms with E-state index in [9.17, 15) is 14.4 Å². The fourth-order valence-corrected chi connectivity index (χ4v) is 5.09. The molecule has 2 heterocycles. The molecule has 2 unspecified atom stereocenters. The zero-order chi connectivity index (χ0) is 26.0. The lowest BCUT2D eigenvalue weighted by atomic mass is 9.91. The molecule has 2 aromatic carbocycles. The summed E-state index contributed by atoms with van der Waals surface area (Å²) in [5.41, 5.74) is 5.25. The van der Waals surface area contributed by atoms with Crippen molar-refractivity contribution >= 4 is 17.8 Å². The van der Waals surface area contributed by atoms with E-state index in [2.05, 4.69) is 16.7 Å². The standard InChI is InChI=1S/C29H36N4O3/c1-6-32-24-17-33(23(27(34)30-16-18(2)3)15-21-10-8-7-9-11-21)28(35)25(24)26(31-29(32)36)22-13-12-19(4)14-20(22)5/h7-14,18,23,26H,6,15-17H2,1-5H3,(H,30,34)(H,31,36). The van der Waals surface area contributed by atoms with Crippen LogP contribution in [-0.2, 0) is 16.0 Å². The lowest BCUT2D eigenvalue weighted by molar-refractivity contribution is -0.136. The highest BCUT2D eigenvalue weighted by atomic mass is 16.2. The number of carbonyl (C=O) groups is 3. The Kier molecular flexibility index (Phi) is 7.48. The Balaban J connectivity index is 1.72. The number of hydrogen-bond acceptors (Lipinski definition) is 3. The first-order valence-electron chi connectivity index (χ1n) is 12.7. The molecule has 2 N–H and O–H groups in total. The Bertz CT molecular complexity index is 1190. The summed E-state index contributed by atoms with van der Waals surface area (Å²) in [6.07, 6.45) is 0.402. The Morgan fingerprint density at radius 1 is 1.11 bits per heavy atom. The van der Waals surface area contributed by atoms with Gasteiger partial charge in [0, 0.05) is 19.5 Å². The summed E-state index contributed by atoms with van der Waals surface area (Å²) in [5, 5.41) is 6.08. The van der Waals surface area contributed by atoms with Gasteiger partial charge in [0.2, 0.25) is 5.91 Å². The molecule has 0 spiro atoms. The molecule has 2 aromatic rings. The van der Waals surface area contributed by atoms with Gasteiger partial charge < -0.3 is 15.5 Å². The van der Waals surface area contributed by atoms with Gasteiger partial charge in [-0.1, -0.05) is 67.9 Å². The van der Waals surface area contributed by atoms with Crippen LogP contribution in [0.3, 0.4) is 0 Å². The summed E-state index contributed by atoms with van der Waals surface area (Å²) in [6.45, 7) is 11.2.